The first-order valence-electron chi connectivity index (χ1n) is 6.50. The van der Waals surface area contributed by atoms with Crippen molar-refractivity contribution in [2.75, 3.05) is 53.0 Å². The van der Waals surface area contributed by atoms with Crippen LogP contribution in [-0.4, -0.2) is 74.9 Å². The number of methoxy groups -OCH3 is 1. The van der Waals surface area contributed by atoms with Gasteiger partial charge in [-0.1, -0.05) is 0 Å². The molecule has 0 aliphatic carbocycles. The fraction of sp³-hybridized carbons (Fsp3) is 1.00. The second-order valence-electron chi connectivity index (χ2n) is 4.97. The summed E-state index contributed by atoms with van der Waals surface area (Å²) in [5.41, 5.74) is 0. The van der Waals surface area contributed by atoms with Crippen molar-refractivity contribution in [2.45, 2.75) is 25.4 Å². The van der Waals surface area contributed by atoms with Gasteiger partial charge in [0.25, 0.3) is 0 Å². The van der Waals surface area contributed by atoms with Crippen LogP contribution < -0.4 is 5.32 Å². The van der Waals surface area contributed by atoms with Gasteiger partial charge in [0.05, 0.1) is 6.61 Å². The summed E-state index contributed by atoms with van der Waals surface area (Å²) in [6.07, 6.45) is 1.32. The Hall–Kier alpha value is 0.420. The molecular weight excluding hydrogens is 273 g/mol. The van der Waals surface area contributed by atoms with Crippen LogP contribution in [0.25, 0.3) is 0 Å². The minimum atomic E-state index is 0. The Morgan fingerprint density at radius 3 is 2.33 bits per heavy atom. The SMILES string of the molecule is COCCN1CCN([C@H]2CCN[C@H]2C)CC1.Cl.Cl. The molecule has 2 saturated heterocycles. The highest BCUT2D eigenvalue weighted by Gasteiger charge is 2.30. The monoisotopic (exact) mass is 299 g/mol. The average Bonchev–Trinajstić information content (AvgIpc) is 2.74. The number of hydrogen-bond donors (Lipinski definition) is 1. The summed E-state index contributed by atoms with van der Waals surface area (Å²) in [5.74, 6) is 0. The van der Waals surface area contributed by atoms with Gasteiger partial charge in [0.1, 0.15) is 0 Å². The van der Waals surface area contributed by atoms with Crippen molar-refractivity contribution >= 4 is 24.8 Å². The standard InChI is InChI=1S/C12H25N3O.2ClH/c1-11-12(3-4-13-11)15-7-5-14(6-8-15)9-10-16-2;;/h11-13H,3-10H2,1-2H3;2*1H/t11-,12-;;/m0../s1. The molecule has 0 aromatic rings. The Morgan fingerprint density at radius 1 is 1.17 bits per heavy atom. The topological polar surface area (TPSA) is 27.7 Å². The molecule has 0 unspecified atom stereocenters. The van der Waals surface area contributed by atoms with Crippen LogP contribution in [-0.2, 0) is 4.74 Å². The van der Waals surface area contributed by atoms with E-state index in [0.29, 0.717) is 6.04 Å². The van der Waals surface area contributed by atoms with Crippen LogP contribution in [0.15, 0.2) is 0 Å². The van der Waals surface area contributed by atoms with E-state index >= 15 is 0 Å². The van der Waals surface area contributed by atoms with E-state index in [-0.39, 0.29) is 24.8 Å². The summed E-state index contributed by atoms with van der Waals surface area (Å²) >= 11 is 0. The molecule has 2 aliphatic rings. The van der Waals surface area contributed by atoms with Crippen molar-refractivity contribution in [2.24, 2.45) is 0 Å². The molecule has 0 amide bonds. The van der Waals surface area contributed by atoms with Crippen molar-refractivity contribution in [3.63, 3.8) is 0 Å². The third kappa shape index (κ3) is 4.83. The predicted octanol–water partition coefficient (Wildman–Crippen LogP) is 0.844. The Bertz CT molecular complexity index is 213. The van der Waals surface area contributed by atoms with Gasteiger partial charge in [0.15, 0.2) is 0 Å². The highest BCUT2D eigenvalue weighted by atomic mass is 35.5. The van der Waals surface area contributed by atoms with Gasteiger partial charge in [0, 0.05) is 51.9 Å². The lowest BCUT2D eigenvalue weighted by atomic mass is 10.1. The summed E-state index contributed by atoms with van der Waals surface area (Å²) in [4.78, 5) is 5.17. The van der Waals surface area contributed by atoms with Crippen molar-refractivity contribution in [3.8, 4) is 0 Å². The zero-order valence-electron chi connectivity index (χ0n) is 11.4. The number of hydrogen-bond acceptors (Lipinski definition) is 4. The first kappa shape index (κ1) is 18.4. The minimum absolute atomic E-state index is 0. The van der Waals surface area contributed by atoms with E-state index in [0.717, 1.165) is 19.2 Å². The quantitative estimate of drug-likeness (QED) is 0.833. The molecule has 0 aromatic heterocycles. The van der Waals surface area contributed by atoms with Crippen molar-refractivity contribution < 1.29 is 4.74 Å². The van der Waals surface area contributed by atoms with Crippen LogP contribution in [0, 0.1) is 0 Å². The van der Waals surface area contributed by atoms with Gasteiger partial charge in [-0.2, -0.15) is 0 Å². The lowest BCUT2D eigenvalue weighted by Crippen LogP contribution is -2.53. The van der Waals surface area contributed by atoms with Crippen LogP contribution in [0.2, 0.25) is 0 Å². The highest BCUT2D eigenvalue weighted by Crippen LogP contribution is 2.16. The fourth-order valence-electron chi connectivity index (χ4n) is 2.88. The summed E-state index contributed by atoms with van der Waals surface area (Å²) < 4.78 is 5.12. The van der Waals surface area contributed by atoms with E-state index in [1.807, 2.05) is 0 Å². The van der Waals surface area contributed by atoms with Crippen molar-refractivity contribution in [1.82, 2.24) is 15.1 Å². The predicted molar refractivity (Wildman–Crippen MR) is 80.3 cm³/mol. The largest absolute Gasteiger partial charge is 0.383 e. The maximum atomic E-state index is 5.12. The number of piperazine rings is 1. The van der Waals surface area contributed by atoms with Crippen LogP contribution in [0.3, 0.4) is 0 Å². The second kappa shape index (κ2) is 9.34. The zero-order valence-corrected chi connectivity index (χ0v) is 13.1. The zero-order chi connectivity index (χ0) is 11.4. The minimum Gasteiger partial charge on any atom is -0.383 e. The Kier molecular flexibility index (Phi) is 9.56. The first-order chi connectivity index (χ1) is 7.81. The molecule has 2 rings (SSSR count). The molecule has 0 aromatic carbocycles. The van der Waals surface area contributed by atoms with E-state index in [1.165, 1.54) is 39.1 Å². The molecule has 18 heavy (non-hydrogen) atoms. The molecule has 4 nitrogen and oxygen atoms in total. The molecule has 0 bridgehead atoms. The van der Waals surface area contributed by atoms with Gasteiger partial charge < -0.3 is 10.1 Å². The van der Waals surface area contributed by atoms with Crippen LogP contribution in [0.4, 0.5) is 0 Å². The molecular formula is C12H27Cl2N3O. The normalized spacial score (nSPS) is 29.7. The molecule has 1 N–H and O–H groups in total. The maximum absolute atomic E-state index is 5.12. The number of nitrogens with one attached hydrogen (secondary N) is 1. The third-order valence-electron chi connectivity index (χ3n) is 3.97. The maximum Gasteiger partial charge on any atom is 0.0589 e. The number of halogens is 2. The molecule has 2 heterocycles. The van der Waals surface area contributed by atoms with E-state index in [4.69, 9.17) is 4.74 Å². The summed E-state index contributed by atoms with van der Waals surface area (Å²) in [6.45, 7) is 10.3. The van der Waals surface area contributed by atoms with Gasteiger partial charge in [-0.25, -0.2) is 0 Å². The molecule has 2 fully saturated rings. The molecule has 2 aliphatic heterocycles. The number of ether oxygens (including phenoxy) is 1. The molecule has 6 heteroatoms. The van der Waals surface area contributed by atoms with Crippen LogP contribution in [0.5, 0.6) is 0 Å². The fourth-order valence-corrected chi connectivity index (χ4v) is 2.88. The van der Waals surface area contributed by atoms with Gasteiger partial charge in [-0.05, 0) is 19.9 Å². The summed E-state index contributed by atoms with van der Waals surface area (Å²) in [5, 5.41) is 3.54. The van der Waals surface area contributed by atoms with E-state index < -0.39 is 0 Å². The summed E-state index contributed by atoms with van der Waals surface area (Å²) in [6, 6.07) is 1.44. The Labute approximate surface area is 123 Å². The van der Waals surface area contributed by atoms with Crippen LogP contribution >= 0.6 is 24.8 Å². The molecule has 110 valence electrons. The molecule has 0 saturated carbocycles. The van der Waals surface area contributed by atoms with Crippen molar-refractivity contribution in [3.05, 3.63) is 0 Å². The van der Waals surface area contributed by atoms with E-state index in [2.05, 4.69) is 22.0 Å². The summed E-state index contributed by atoms with van der Waals surface area (Å²) in [7, 11) is 1.78. The second-order valence-corrected chi connectivity index (χ2v) is 4.97. The lowest BCUT2D eigenvalue weighted by molar-refractivity contribution is 0.0722. The lowest BCUT2D eigenvalue weighted by Gasteiger charge is -2.39. The smallest absolute Gasteiger partial charge is 0.0589 e. The number of rotatable bonds is 4. The van der Waals surface area contributed by atoms with Gasteiger partial charge in [0.2, 0.25) is 0 Å². The highest BCUT2D eigenvalue weighted by molar-refractivity contribution is 5.85. The molecule has 2 atom stereocenters. The van der Waals surface area contributed by atoms with Crippen molar-refractivity contribution in [1.29, 1.82) is 0 Å². The first-order valence-corrected chi connectivity index (χ1v) is 6.50. The van der Waals surface area contributed by atoms with Crippen LogP contribution in [0.1, 0.15) is 13.3 Å². The average molecular weight is 300 g/mol. The van der Waals surface area contributed by atoms with E-state index in [1.54, 1.807) is 7.11 Å². The van der Waals surface area contributed by atoms with Gasteiger partial charge >= 0.3 is 0 Å². The van der Waals surface area contributed by atoms with Gasteiger partial charge in [-0.3, -0.25) is 9.80 Å². The third-order valence-corrected chi connectivity index (χ3v) is 3.97. The Balaban J connectivity index is 0.00000144. The van der Waals surface area contributed by atoms with E-state index in [9.17, 15) is 0 Å². The molecule has 0 radical (unpaired) electrons. The van der Waals surface area contributed by atoms with Gasteiger partial charge in [-0.15, -0.1) is 24.8 Å². The number of nitrogens with zero attached hydrogens (tertiary/aromatic N) is 2. The molecule has 0 spiro atoms. The Morgan fingerprint density at radius 2 is 1.83 bits per heavy atom.